The Labute approximate surface area is 200 Å². The van der Waals surface area contributed by atoms with E-state index in [-0.39, 0.29) is 0 Å². The minimum absolute atomic E-state index is 0.524. The molecule has 1 saturated heterocycles. The first kappa shape index (κ1) is 22.1. The van der Waals surface area contributed by atoms with E-state index in [4.69, 9.17) is 4.74 Å². The van der Waals surface area contributed by atoms with E-state index in [2.05, 4.69) is 44.4 Å². The quantitative estimate of drug-likeness (QED) is 0.395. The highest BCUT2D eigenvalue weighted by Gasteiger charge is 2.21. The van der Waals surface area contributed by atoms with Gasteiger partial charge in [0, 0.05) is 35.5 Å². The Balaban J connectivity index is 1.58. The molecule has 0 saturated carbocycles. The highest BCUT2D eigenvalue weighted by molar-refractivity contribution is 5.86. The molecule has 1 aromatic carbocycles. The summed E-state index contributed by atoms with van der Waals surface area (Å²) >= 11 is 0. The van der Waals surface area contributed by atoms with E-state index in [1.54, 1.807) is 0 Å². The monoisotopic (exact) mass is 451 g/mol. The molecule has 0 aliphatic carbocycles. The van der Waals surface area contributed by atoms with Crippen LogP contribution in [0.15, 0.2) is 61.2 Å². The number of ether oxygens (including phenoxy) is 1. The molecule has 6 nitrogen and oxygen atoms in total. The number of piperidine rings is 1. The Morgan fingerprint density at radius 2 is 1.94 bits per heavy atom. The van der Waals surface area contributed by atoms with Gasteiger partial charge >= 0.3 is 0 Å². The number of fused-ring (bicyclic) bond motifs is 1. The highest BCUT2D eigenvalue weighted by atomic mass is 16.5. The van der Waals surface area contributed by atoms with Crippen molar-refractivity contribution in [2.45, 2.75) is 26.7 Å². The summed E-state index contributed by atoms with van der Waals surface area (Å²) in [6, 6.07) is 16.1. The minimum atomic E-state index is 0.524. The van der Waals surface area contributed by atoms with Crippen LogP contribution in [0.3, 0.4) is 0 Å². The van der Waals surface area contributed by atoms with Crippen molar-refractivity contribution in [3.8, 4) is 34.2 Å². The molecule has 1 atom stereocenters. The summed E-state index contributed by atoms with van der Waals surface area (Å²) in [6.07, 6.45) is 8.02. The van der Waals surface area contributed by atoms with Gasteiger partial charge in [0.05, 0.1) is 36.5 Å². The van der Waals surface area contributed by atoms with Gasteiger partial charge in [-0.25, -0.2) is 4.98 Å². The van der Waals surface area contributed by atoms with Crippen LogP contribution in [0.1, 0.15) is 31.0 Å². The lowest BCUT2D eigenvalue weighted by Gasteiger charge is -2.31. The van der Waals surface area contributed by atoms with Crippen molar-refractivity contribution in [2.75, 3.05) is 26.2 Å². The Bertz CT molecular complexity index is 1320. The van der Waals surface area contributed by atoms with E-state index in [9.17, 15) is 5.26 Å². The van der Waals surface area contributed by atoms with Crippen LogP contribution in [0.4, 0.5) is 0 Å². The first-order valence-corrected chi connectivity index (χ1v) is 11.9. The van der Waals surface area contributed by atoms with Gasteiger partial charge < -0.3 is 9.64 Å². The molecule has 6 heteroatoms. The van der Waals surface area contributed by atoms with E-state index in [0.717, 1.165) is 52.4 Å². The number of pyridine rings is 2. The standard InChI is InChI=1S/C28H29N5O/c1-3-32-12-4-5-22(17-32)18-34-27-13-25(23-10-7-21(14-29)8-11-23)28(33-19-30-16-26(27)33)24-9-6-20(2)31-15-24/h6-11,13,15-16,19,22H,3-5,12,17-18H2,1-2H3/t22-/m1/s1. The van der Waals surface area contributed by atoms with Crippen molar-refractivity contribution < 1.29 is 4.74 Å². The molecule has 1 aliphatic rings. The van der Waals surface area contributed by atoms with E-state index in [1.165, 1.54) is 19.4 Å². The smallest absolute Gasteiger partial charge is 0.145 e. The van der Waals surface area contributed by atoms with Crippen molar-refractivity contribution in [1.82, 2.24) is 19.3 Å². The van der Waals surface area contributed by atoms with Crippen molar-refractivity contribution in [1.29, 1.82) is 5.26 Å². The number of aromatic nitrogens is 3. The molecule has 0 N–H and O–H groups in total. The number of hydrogen-bond acceptors (Lipinski definition) is 5. The molecule has 0 bridgehead atoms. The fourth-order valence-corrected chi connectivity index (χ4v) is 4.80. The van der Waals surface area contributed by atoms with Crippen LogP contribution < -0.4 is 4.74 Å². The topological polar surface area (TPSA) is 66.5 Å². The maximum Gasteiger partial charge on any atom is 0.145 e. The lowest BCUT2D eigenvalue weighted by atomic mass is 9.98. The highest BCUT2D eigenvalue weighted by Crippen LogP contribution is 2.38. The molecule has 0 radical (unpaired) electrons. The van der Waals surface area contributed by atoms with Gasteiger partial charge in [0.15, 0.2) is 0 Å². The number of nitriles is 1. The number of rotatable bonds is 6. The van der Waals surface area contributed by atoms with Gasteiger partial charge in [0.25, 0.3) is 0 Å². The number of hydrogen-bond donors (Lipinski definition) is 0. The average Bonchev–Trinajstić information content (AvgIpc) is 3.38. The Kier molecular flexibility index (Phi) is 6.29. The van der Waals surface area contributed by atoms with Crippen LogP contribution in [-0.4, -0.2) is 45.5 Å². The summed E-state index contributed by atoms with van der Waals surface area (Å²) < 4.78 is 8.56. The predicted octanol–water partition coefficient (Wildman–Crippen LogP) is 5.35. The molecule has 5 rings (SSSR count). The molecule has 1 fully saturated rings. The second-order valence-electron chi connectivity index (χ2n) is 9.01. The van der Waals surface area contributed by atoms with Gasteiger partial charge in [-0.1, -0.05) is 19.1 Å². The van der Waals surface area contributed by atoms with E-state index < -0.39 is 0 Å². The second kappa shape index (κ2) is 9.66. The average molecular weight is 452 g/mol. The third-order valence-electron chi connectivity index (χ3n) is 6.70. The van der Waals surface area contributed by atoms with Crippen molar-refractivity contribution >= 4 is 5.52 Å². The van der Waals surface area contributed by atoms with Crippen molar-refractivity contribution in [3.63, 3.8) is 0 Å². The number of benzene rings is 1. The Morgan fingerprint density at radius 3 is 2.68 bits per heavy atom. The molecule has 1 aliphatic heterocycles. The minimum Gasteiger partial charge on any atom is -0.491 e. The maximum absolute atomic E-state index is 9.25. The SMILES string of the molecule is CCN1CCC[C@@H](COc2cc(-c3ccc(C#N)cc3)c(-c3ccc(C)nc3)n3cncc23)C1. The lowest BCUT2D eigenvalue weighted by Crippen LogP contribution is -2.37. The predicted molar refractivity (Wildman–Crippen MR) is 134 cm³/mol. The van der Waals surface area contributed by atoms with Gasteiger partial charge in [0.2, 0.25) is 0 Å². The first-order chi connectivity index (χ1) is 16.7. The zero-order valence-corrected chi connectivity index (χ0v) is 19.7. The summed E-state index contributed by atoms with van der Waals surface area (Å²) in [7, 11) is 0. The molecule has 172 valence electrons. The van der Waals surface area contributed by atoms with Crippen LogP contribution in [0.25, 0.3) is 27.9 Å². The number of likely N-dealkylation sites (tertiary alicyclic amines) is 1. The molecule has 4 aromatic rings. The molecule has 0 amide bonds. The zero-order valence-electron chi connectivity index (χ0n) is 19.7. The molecule has 0 spiro atoms. The molecular formula is C28H29N5O. The van der Waals surface area contributed by atoms with Crippen LogP contribution in [-0.2, 0) is 0 Å². The van der Waals surface area contributed by atoms with Gasteiger partial charge in [-0.2, -0.15) is 5.26 Å². The van der Waals surface area contributed by atoms with Crippen molar-refractivity contribution in [2.24, 2.45) is 5.92 Å². The molecule has 0 unspecified atom stereocenters. The molecule has 3 aromatic heterocycles. The summed E-state index contributed by atoms with van der Waals surface area (Å²) in [5.74, 6) is 1.35. The first-order valence-electron chi connectivity index (χ1n) is 11.9. The van der Waals surface area contributed by atoms with E-state index >= 15 is 0 Å². The van der Waals surface area contributed by atoms with Crippen LogP contribution in [0, 0.1) is 24.2 Å². The summed E-state index contributed by atoms with van der Waals surface area (Å²) in [6.45, 7) is 8.26. The van der Waals surface area contributed by atoms with Crippen molar-refractivity contribution in [3.05, 3.63) is 72.4 Å². The molecule has 4 heterocycles. The maximum atomic E-state index is 9.25. The van der Waals surface area contributed by atoms with E-state index in [1.807, 2.05) is 56.0 Å². The van der Waals surface area contributed by atoms with Crippen LogP contribution in [0.5, 0.6) is 5.75 Å². The lowest BCUT2D eigenvalue weighted by molar-refractivity contribution is 0.135. The number of imidazole rings is 1. The fraction of sp³-hybridized carbons (Fsp3) is 0.321. The Morgan fingerprint density at radius 1 is 1.12 bits per heavy atom. The normalized spacial score (nSPS) is 16.4. The summed E-state index contributed by atoms with van der Waals surface area (Å²) in [4.78, 5) is 11.5. The largest absolute Gasteiger partial charge is 0.491 e. The number of aryl methyl sites for hydroxylation is 1. The van der Waals surface area contributed by atoms with E-state index in [0.29, 0.717) is 18.1 Å². The van der Waals surface area contributed by atoms with Gasteiger partial charge in [-0.3, -0.25) is 9.38 Å². The van der Waals surface area contributed by atoms with Crippen LogP contribution >= 0.6 is 0 Å². The third-order valence-corrected chi connectivity index (χ3v) is 6.70. The van der Waals surface area contributed by atoms with Gasteiger partial charge in [-0.05, 0) is 68.8 Å². The van der Waals surface area contributed by atoms with Gasteiger partial charge in [0.1, 0.15) is 11.3 Å². The fourth-order valence-electron chi connectivity index (χ4n) is 4.80. The molecule has 34 heavy (non-hydrogen) atoms. The molecular weight excluding hydrogens is 422 g/mol. The van der Waals surface area contributed by atoms with Crippen LogP contribution in [0.2, 0.25) is 0 Å². The summed E-state index contributed by atoms with van der Waals surface area (Å²) in [5.41, 5.74) is 6.60. The second-order valence-corrected chi connectivity index (χ2v) is 9.01. The summed E-state index contributed by atoms with van der Waals surface area (Å²) in [5, 5.41) is 9.25. The van der Waals surface area contributed by atoms with Gasteiger partial charge in [-0.15, -0.1) is 0 Å². The zero-order chi connectivity index (χ0) is 23.5. The number of nitrogens with zero attached hydrogens (tertiary/aromatic N) is 5. The Hall–Kier alpha value is -3.69. The third kappa shape index (κ3) is 4.40.